The second kappa shape index (κ2) is 4.79. The largest absolute Gasteiger partial charge is 0.271 e. The molecule has 2 rings (SSSR count). The van der Waals surface area contributed by atoms with Gasteiger partial charge in [0.1, 0.15) is 0 Å². The maximum Gasteiger partial charge on any atom is 0.0327 e. The summed E-state index contributed by atoms with van der Waals surface area (Å²) in [5, 5.41) is 0. The van der Waals surface area contributed by atoms with Gasteiger partial charge < -0.3 is 0 Å². The number of hydrogen-bond donors (Lipinski definition) is 2. The molecule has 0 bridgehead atoms. The van der Waals surface area contributed by atoms with Crippen molar-refractivity contribution >= 4 is 0 Å². The minimum absolute atomic E-state index is 0.184. The first kappa shape index (κ1) is 12.6. The number of nitrogens with two attached hydrogens (primary N) is 1. The molecular formula is C15H24N2. The van der Waals surface area contributed by atoms with Gasteiger partial charge in [-0.25, -0.2) is 0 Å². The van der Waals surface area contributed by atoms with Gasteiger partial charge in [-0.1, -0.05) is 45.0 Å². The summed E-state index contributed by atoms with van der Waals surface area (Å²) in [7, 11) is 0. The molecule has 3 N–H and O–H groups in total. The lowest BCUT2D eigenvalue weighted by atomic mass is 9.71. The number of nitrogens with one attached hydrogen (secondary N) is 1. The second-order valence-corrected chi connectivity index (χ2v) is 6.21. The van der Waals surface area contributed by atoms with Crippen LogP contribution < -0.4 is 11.3 Å². The van der Waals surface area contributed by atoms with E-state index in [4.69, 9.17) is 5.84 Å². The van der Waals surface area contributed by atoms with Gasteiger partial charge in [-0.05, 0) is 35.8 Å². The highest BCUT2D eigenvalue weighted by atomic mass is 15.2. The van der Waals surface area contributed by atoms with Gasteiger partial charge in [-0.15, -0.1) is 0 Å². The van der Waals surface area contributed by atoms with Crippen LogP contribution in [-0.2, 0) is 6.42 Å². The summed E-state index contributed by atoms with van der Waals surface area (Å²) in [6, 6.07) is 9.16. The molecule has 1 aliphatic rings. The Hall–Kier alpha value is -0.860. The predicted molar refractivity (Wildman–Crippen MR) is 72.7 cm³/mol. The molecule has 0 saturated heterocycles. The molecule has 0 aromatic heterocycles. The van der Waals surface area contributed by atoms with E-state index < -0.39 is 0 Å². The molecule has 94 valence electrons. The van der Waals surface area contributed by atoms with Crippen LogP contribution in [0, 0.1) is 5.41 Å². The van der Waals surface area contributed by atoms with Crippen molar-refractivity contribution in [1.82, 2.24) is 5.43 Å². The molecule has 0 amide bonds. The van der Waals surface area contributed by atoms with Crippen molar-refractivity contribution in [2.75, 3.05) is 0 Å². The summed E-state index contributed by atoms with van der Waals surface area (Å²) in [5.74, 6) is 6.34. The maximum atomic E-state index is 5.80. The fourth-order valence-electron chi connectivity index (χ4n) is 3.11. The quantitative estimate of drug-likeness (QED) is 0.607. The summed E-state index contributed by atoms with van der Waals surface area (Å²) >= 11 is 0. The van der Waals surface area contributed by atoms with Crippen LogP contribution in [0.1, 0.15) is 50.7 Å². The van der Waals surface area contributed by atoms with Crippen LogP contribution in [0.3, 0.4) is 0 Å². The van der Waals surface area contributed by atoms with Crippen LogP contribution in [0.25, 0.3) is 0 Å². The Morgan fingerprint density at radius 2 is 2.00 bits per heavy atom. The number of rotatable bonds is 2. The van der Waals surface area contributed by atoms with Gasteiger partial charge in [0, 0.05) is 12.0 Å². The second-order valence-electron chi connectivity index (χ2n) is 6.21. The fourth-order valence-corrected chi connectivity index (χ4v) is 3.11. The van der Waals surface area contributed by atoms with Gasteiger partial charge in [0.25, 0.3) is 0 Å². The standard InChI is InChI=1S/C15H24N2/c1-15(2,3)14(17-16)13-10-6-8-11-7-4-5-9-12(11)13/h4-5,7,9,13-14,17H,6,8,10,16H2,1-3H3. The Morgan fingerprint density at radius 3 is 2.65 bits per heavy atom. The molecular weight excluding hydrogens is 208 g/mol. The lowest BCUT2D eigenvalue weighted by Crippen LogP contribution is -2.49. The third-order valence-electron chi connectivity index (χ3n) is 3.93. The number of fused-ring (bicyclic) bond motifs is 1. The third-order valence-corrected chi connectivity index (χ3v) is 3.93. The molecule has 1 aliphatic carbocycles. The zero-order valence-electron chi connectivity index (χ0n) is 11.2. The fraction of sp³-hybridized carbons (Fsp3) is 0.600. The molecule has 0 heterocycles. The zero-order chi connectivity index (χ0) is 12.5. The summed E-state index contributed by atoms with van der Waals surface area (Å²) in [6.45, 7) is 6.78. The average Bonchev–Trinajstić information content (AvgIpc) is 2.28. The lowest BCUT2D eigenvalue weighted by molar-refractivity contribution is 0.220. The third kappa shape index (κ3) is 2.53. The summed E-state index contributed by atoms with van der Waals surface area (Å²) < 4.78 is 0. The van der Waals surface area contributed by atoms with Crippen molar-refractivity contribution in [2.45, 2.75) is 52.0 Å². The average molecular weight is 232 g/mol. The van der Waals surface area contributed by atoms with E-state index in [0.29, 0.717) is 12.0 Å². The van der Waals surface area contributed by atoms with Crippen molar-refractivity contribution in [1.29, 1.82) is 0 Å². The molecule has 0 spiro atoms. The molecule has 2 atom stereocenters. The van der Waals surface area contributed by atoms with Crippen molar-refractivity contribution in [3.63, 3.8) is 0 Å². The molecule has 1 aromatic carbocycles. The van der Waals surface area contributed by atoms with Gasteiger partial charge in [0.15, 0.2) is 0 Å². The highest BCUT2D eigenvalue weighted by Crippen LogP contribution is 2.39. The highest BCUT2D eigenvalue weighted by Gasteiger charge is 2.34. The van der Waals surface area contributed by atoms with E-state index in [0.717, 1.165) is 0 Å². The lowest BCUT2D eigenvalue weighted by Gasteiger charge is -2.39. The Balaban J connectivity index is 2.34. The molecule has 2 unspecified atom stereocenters. The Bertz CT molecular complexity index is 379. The molecule has 1 aromatic rings. The smallest absolute Gasteiger partial charge is 0.0327 e. The van der Waals surface area contributed by atoms with E-state index >= 15 is 0 Å². The van der Waals surface area contributed by atoms with Gasteiger partial charge in [0.2, 0.25) is 0 Å². The minimum Gasteiger partial charge on any atom is -0.271 e. The van der Waals surface area contributed by atoms with Gasteiger partial charge in [0.05, 0.1) is 0 Å². The molecule has 0 radical (unpaired) electrons. The SMILES string of the molecule is CC(C)(C)C(NN)C1CCCc2ccccc21. The molecule has 2 nitrogen and oxygen atoms in total. The highest BCUT2D eigenvalue weighted by molar-refractivity contribution is 5.34. The van der Waals surface area contributed by atoms with Crippen molar-refractivity contribution in [2.24, 2.45) is 11.3 Å². The molecule has 17 heavy (non-hydrogen) atoms. The normalized spacial score (nSPS) is 22.0. The monoisotopic (exact) mass is 232 g/mol. The molecule has 0 aliphatic heterocycles. The first-order valence-electron chi connectivity index (χ1n) is 6.58. The maximum absolute atomic E-state index is 5.80. The summed E-state index contributed by atoms with van der Waals surface area (Å²) in [4.78, 5) is 0. The first-order valence-corrected chi connectivity index (χ1v) is 6.58. The van der Waals surface area contributed by atoms with E-state index in [9.17, 15) is 0 Å². The van der Waals surface area contributed by atoms with Crippen LogP contribution in [0.15, 0.2) is 24.3 Å². The minimum atomic E-state index is 0.184. The summed E-state index contributed by atoms with van der Waals surface area (Å²) in [6.07, 6.45) is 3.73. The van der Waals surface area contributed by atoms with E-state index in [1.54, 1.807) is 0 Å². The van der Waals surface area contributed by atoms with E-state index in [1.807, 2.05) is 0 Å². The Labute approximate surface area is 105 Å². The van der Waals surface area contributed by atoms with Crippen LogP contribution in [0.5, 0.6) is 0 Å². The first-order chi connectivity index (χ1) is 8.04. The van der Waals surface area contributed by atoms with Gasteiger partial charge >= 0.3 is 0 Å². The van der Waals surface area contributed by atoms with Gasteiger partial charge in [-0.2, -0.15) is 0 Å². The van der Waals surface area contributed by atoms with E-state index in [-0.39, 0.29) is 5.41 Å². The number of hydrogen-bond acceptors (Lipinski definition) is 2. The van der Waals surface area contributed by atoms with Crippen LogP contribution in [0.4, 0.5) is 0 Å². The Morgan fingerprint density at radius 1 is 1.29 bits per heavy atom. The predicted octanol–water partition coefficient (Wildman–Crippen LogP) is 2.98. The van der Waals surface area contributed by atoms with Gasteiger partial charge in [-0.3, -0.25) is 11.3 Å². The van der Waals surface area contributed by atoms with Crippen molar-refractivity contribution < 1.29 is 0 Å². The summed E-state index contributed by atoms with van der Waals surface area (Å²) in [5.41, 5.74) is 6.24. The van der Waals surface area contributed by atoms with Crippen molar-refractivity contribution in [3.05, 3.63) is 35.4 Å². The van der Waals surface area contributed by atoms with Crippen LogP contribution in [-0.4, -0.2) is 6.04 Å². The van der Waals surface area contributed by atoms with E-state index in [2.05, 4.69) is 50.5 Å². The van der Waals surface area contributed by atoms with Crippen LogP contribution in [0.2, 0.25) is 0 Å². The van der Waals surface area contributed by atoms with E-state index in [1.165, 1.54) is 30.4 Å². The number of benzene rings is 1. The Kier molecular flexibility index (Phi) is 3.55. The molecule has 0 saturated carbocycles. The molecule has 0 fully saturated rings. The van der Waals surface area contributed by atoms with Crippen LogP contribution >= 0.6 is 0 Å². The topological polar surface area (TPSA) is 38.0 Å². The number of hydrazine groups is 1. The zero-order valence-corrected chi connectivity index (χ0v) is 11.2. The molecule has 2 heteroatoms. The van der Waals surface area contributed by atoms with Crippen molar-refractivity contribution in [3.8, 4) is 0 Å². The number of aryl methyl sites for hydroxylation is 1.